The van der Waals surface area contributed by atoms with Gasteiger partial charge in [0.15, 0.2) is 0 Å². The van der Waals surface area contributed by atoms with Crippen LogP contribution in [0, 0.1) is 0 Å². The lowest BCUT2D eigenvalue weighted by Gasteiger charge is -2.14. The normalized spacial score (nSPS) is 10.8. The highest BCUT2D eigenvalue weighted by atomic mass is 16.2. The minimum atomic E-state index is -0.477. The van der Waals surface area contributed by atoms with Gasteiger partial charge < -0.3 is 5.32 Å². The van der Waals surface area contributed by atoms with Gasteiger partial charge in [0, 0.05) is 12.2 Å². The summed E-state index contributed by atoms with van der Waals surface area (Å²) in [4.78, 5) is 37.7. The summed E-state index contributed by atoms with van der Waals surface area (Å²) in [6.07, 6.45) is 0.792. The second kappa shape index (κ2) is 7.39. The maximum Gasteiger partial charge on any atom is 0.331 e. The van der Waals surface area contributed by atoms with Crippen LogP contribution in [0.4, 0.5) is 5.69 Å². The van der Waals surface area contributed by atoms with Crippen molar-refractivity contribution in [3.05, 3.63) is 74.9 Å². The van der Waals surface area contributed by atoms with Gasteiger partial charge in [-0.15, -0.1) is 0 Å². The first-order valence-corrected chi connectivity index (χ1v) is 8.67. The van der Waals surface area contributed by atoms with Gasteiger partial charge in [0.1, 0.15) is 6.54 Å². The van der Waals surface area contributed by atoms with Gasteiger partial charge in [-0.05, 0) is 37.1 Å². The second-order valence-corrected chi connectivity index (χ2v) is 5.99. The van der Waals surface area contributed by atoms with Crippen LogP contribution in [0.5, 0.6) is 0 Å². The third-order valence-electron chi connectivity index (χ3n) is 4.42. The number of rotatable bonds is 5. The molecule has 3 aromatic rings. The molecule has 0 spiro atoms. The molecule has 0 unspecified atom stereocenters. The van der Waals surface area contributed by atoms with Gasteiger partial charge in [-0.1, -0.05) is 37.3 Å². The molecule has 0 bridgehead atoms. The fraction of sp³-hybridized carbons (Fsp3) is 0.250. The molecule has 1 amide bonds. The Morgan fingerprint density at radius 3 is 2.38 bits per heavy atom. The Hall–Kier alpha value is -3.15. The van der Waals surface area contributed by atoms with Crippen LogP contribution in [-0.4, -0.2) is 15.0 Å². The summed E-state index contributed by atoms with van der Waals surface area (Å²) < 4.78 is 2.50. The highest BCUT2D eigenvalue weighted by molar-refractivity contribution is 5.92. The van der Waals surface area contributed by atoms with Crippen LogP contribution in [0.3, 0.4) is 0 Å². The molecule has 1 aromatic heterocycles. The topological polar surface area (TPSA) is 73.1 Å². The van der Waals surface area contributed by atoms with Crippen LogP contribution in [-0.2, 0) is 24.3 Å². The number of nitrogens with one attached hydrogen (secondary N) is 1. The summed E-state index contributed by atoms with van der Waals surface area (Å²) >= 11 is 0. The van der Waals surface area contributed by atoms with Gasteiger partial charge in [-0.2, -0.15) is 0 Å². The molecule has 26 heavy (non-hydrogen) atoms. The van der Waals surface area contributed by atoms with Gasteiger partial charge in [0.2, 0.25) is 5.91 Å². The molecule has 0 saturated carbocycles. The van der Waals surface area contributed by atoms with Crippen LogP contribution in [0.1, 0.15) is 19.4 Å². The number of carbonyl (C=O) groups is 1. The number of aryl methyl sites for hydroxylation is 1. The van der Waals surface area contributed by atoms with Crippen molar-refractivity contribution in [2.75, 3.05) is 5.32 Å². The van der Waals surface area contributed by atoms with E-state index in [0.717, 1.165) is 22.2 Å². The smallest absolute Gasteiger partial charge is 0.324 e. The summed E-state index contributed by atoms with van der Waals surface area (Å²) in [5.74, 6) is -0.306. The number of aromatic nitrogens is 2. The average Bonchev–Trinajstić information content (AvgIpc) is 2.66. The van der Waals surface area contributed by atoms with E-state index in [1.807, 2.05) is 31.2 Å². The van der Waals surface area contributed by atoms with Crippen molar-refractivity contribution >= 4 is 22.5 Å². The molecule has 0 saturated heterocycles. The van der Waals surface area contributed by atoms with E-state index in [2.05, 4.69) is 5.32 Å². The van der Waals surface area contributed by atoms with Crippen molar-refractivity contribution < 1.29 is 4.79 Å². The number of para-hydroxylation sites is 2. The van der Waals surface area contributed by atoms with E-state index in [1.54, 1.807) is 31.2 Å². The van der Waals surface area contributed by atoms with Crippen molar-refractivity contribution in [2.24, 2.45) is 0 Å². The minimum absolute atomic E-state index is 0.155. The highest BCUT2D eigenvalue weighted by Crippen LogP contribution is 2.15. The van der Waals surface area contributed by atoms with Gasteiger partial charge in [-0.25, -0.2) is 4.79 Å². The van der Waals surface area contributed by atoms with Crippen molar-refractivity contribution in [1.82, 2.24) is 9.13 Å². The summed E-state index contributed by atoms with van der Waals surface area (Å²) in [6.45, 7) is 3.85. The minimum Gasteiger partial charge on any atom is -0.324 e. The van der Waals surface area contributed by atoms with Crippen LogP contribution in [0.15, 0.2) is 58.1 Å². The Labute approximate surface area is 150 Å². The fourth-order valence-corrected chi connectivity index (χ4v) is 3.09. The Balaban J connectivity index is 2.02. The van der Waals surface area contributed by atoms with Crippen LogP contribution < -0.4 is 16.6 Å². The van der Waals surface area contributed by atoms with E-state index in [9.17, 15) is 14.4 Å². The van der Waals surface area contributed by atoms with Crippen molar-refractivity contribution in [2.45, 2.75) is 33.4 Å². The number of nitrogens with zero attached hydrogens (tertiary/aromatic N) is 2. The van der Waals surface area contributed by atoms with Gasteiger partial charge in [0.25, 0.3) is 5.56 Å². The molecule has 3 rings (SSSR count). The predicted molar refractivity (Wildman–Crippen MR) is 103 cm³/mol. The summed E-state index contributed by atoms with van der Waals surface area (Å²) in [5, 5.41) is 3.29. The van der Waals surface area contributed by atoms with E-state index in [0.29, 0.717) is 10.9 Å². The first-order chi connectivity index (χ1) is 12.6. The lowest BCUT2D eigenvalue weighted by Crippen LogP contribution is -2.41. The molecule has 6 nitrogen and oxygen atoms in total. The summed E-state index contributed by atoms with van der Waals surface area (Å²) in [5.41, 5.74) is 1.42. The van der Waals surface area contributed by atoms with Gasteiger partial charge >= 0.3 is 5.69 Å². The second-order valence-electron chi connectivity index (χ2n) is 5.99. The fourth-order valence-electron chi connectivity index (χ4n) is 3.09. The van der Waals surface area contributed by atoms with Crippen LogP contribution in [0.25, 0.3) is 10.9 Å². The molecule has 2 aromatic carbocycles. The maximum atomic E-state index is 12.7. The highest BCUT2D eigenvalue weighted by Gasteiger charge is 2.15. The zero-order valence-electron chi connectivity index (χ0n) is 14.9. The molecule has 1 N–H and O–H groups in total. The first kappa shape index (κ1) is 17.7. The first-order valence-electron chi connectivity index (χ1n) is 8.67. The van der Waals surface area contributed by atoms with E-state index in [-0.39, 0.29) is 24.6 Å². The monoisotopic (exact) mass is 351 g/mol. The van der Waals surface area contributed by atoms with Gasteiger partial charge in [-0.3, -0.25) is 18.7 Å². The molecule has 6 heteroatoms. The molecule has 0 atom stereocenters. The quantitative estimate of drug-likeness (QED) is 0.767. The molecule has 134 valence electrons. The summed E-state index contributed by atoms with van der Waals surface area (Å²) in [6, 6.07) is 14.4. The van der Waals surface area contributed by atoms with Crippen LogP contribution in [0.2, 0.25) is 0 Å². The number of fused-ring (bicyclic) bond motifs is 1. The number of hydrogen-bond acceptors (Lipinski definition) is 3. The molecule has 0 aliphatic rings. The van der Waals surface area contributed by atoms with Crippen molar-refractivity contribution in [3.8, 4) is 0 Å². The number of benzene rings is 2. The zero-order valence-corrected chi connectivity index (χ0v) is 14.9. The third-order valence-corrected chi connectivity index (χ3v) is 4.42. The van der Waals surface area contributed by atoms with Crippen LogP contribution >= 0.6 is 0 Å². The summed E-state index contributed by atoms with van der Waals surface area (Å²) in [7, 11) is 0. The lowest BCUT2D eigenvalue weighted by atomic mass is 10.1. The Kier molecular flexibility index (Phi) is 5.02. The van der Waals surface area contributed by atoms with E-state index in [1.165, 1.54) is 4.57 Å². The maximum absolute atomic E-state index is 12.7. The molecule has 0 radical (unpaired) electrons. The predicted octanol–water partition coefficient (Wildman–Crippen LogP) is 2.38. The lowest BCUT2D eigenvalue weighted by molar-refractivity contribution is -0.116. The molecule has 0 aliphatic heterocycles. The largest absolute Gasteiger partial charge is 0.331 e. The molecule has 1 heterocycles. The molecular formula is C20H21N3O3. The van der Waals surface area contributed by atoms with Gasteiger partial charge in [0.05, 0.1) is 10.9 Å². The van der Waals surface area contributed by atoms with E-state index < -0.39 is 5.69 Å². The number of amides is 1. The number of anilines is 1. The Morgan fingerprint density at radius 2 is 1.65 bits per heavy atom. The number of carbonyl (C=O) groups excluding carboxylic acids is 1. The Bertz CT molecular complexity index is 1080. The standard InChI is InChI=1S/C20H21N3O3/c1-3-14-9-5-7-11-16(14)21-18(24)13-23-17-12-8-6-10-15(17)19(25)22(4-2)20(23)26/h5-12H,3-4,13H2,1-2H3,(H,21,24). The third kappa shape index (κ3) is 3.18. The molecule has 0 aliphatic carbocycles. The van der Waals surface area contributed by atoms with Crippen molar-refractivity contribution in [3.63, 3.8) is 0 Å². The SMILES string of the molecule is CCc1ccccc1NC(=O)Cn1c(=O)n(CC)c(=O)c2ccccc21. The van der Waals surface area contributed by atoms with Crippen molar-refractivity contribution in [1.29, 1.82) is 0 Å². The van der Waals surface area contributed by atoms with E-state index >= 15 is 0 Å². The average molecular weight is 351 g/mol. The molecule has 0 fully saturated rings. The molecular weight excluding hydrogens is 330 g/mol. The Morgan fingerprint density at radius 1 is 0.962 bits per heavy atom. The van der Waals surface area contributed by atoms with E-state index in [4.69, 9.17) is 0 Å². The number of hydrogen-bond donors (Lipinski definition) is 1. The zero-order chi connectivity index (χ0) is 18.7.